The van der Waals surface area contributed by atoms with Gasteiger partial charge in [-0.2, -0.15) is 0 Å². The smallest absolute Gasteiger partial charge is 0.168 e. The van der Waals surface area contributed by atoms with Crippen molar-refractivity contribution in [2.75, 3.05) is 0 Å². The van der Waals surface area contributed by atoms with Crippen LogP contribution in [0.15, 0.2) is 30.3 Å². The summed E-state index contributed by atoms with van der Waals surface area (Å²) in [5.74, 6) is -0.0438. The first-order chi connectivity index (χ1) is 9.15. The van der Waals surface area contributed by atoms with Gasteiger partial charge in [-0.15, -0.1) is 0 Å². The lowest BCUT2D eigenvalue weighted by atomic mass is 9.85. The molecule has 0 amide bonds. The van der Waals surface area contributed by atoms with Crippen LogP contribution in [0.25, 0.3) is 0 Å². The molecule has 0 heterocycles. The summed E-state index contributed by atoms with van der Waals surface area (Å²) in [5.41, 5.74) is -0.581. The third-order valence-corrected chi connectivity index (χ3v) is 3.73. The minimum absolute atomic E-state index is 0.0438. The van der Waals surface area contributed by atoms with Crippen LogP contribution in [-0.4, -0.2) is 10.9 Å². The third-order valence-electron chi connectivity index (χ3n) is 3.73. The quantitative estimate of drug-likeness (QED) is 0.677. The van der Waals surface area contributed by atoms with E-state index in [4.69, 9.17) is 0 Å². The summed E-state index contributed by atoms with van der Waals surface area (Å²) >= 11 is 0. The summed E-state index contributed by atoms with van der Waals surface area (Å²) in [6.07, 6.45) is 6.48. The molecule has 0 radical (unpaired) electrons. The maximum absolute atomic E-state index is 12.3. The monoisotopic (exact) mass is 262 g/mol. The molecule has 0 saturated carbocycles. The molecule has 2 heteroatoms. The van der Waals surface area contributed by atoms with Crippen LogP contribution in [0, 0.1) is 0 Å². The Labute approximate surface area is 116 Å². The molecule has 0 aliphatic heterocycles. The van der Waals surface area contributed by atoms with Crippen molar-refractivity contribution in [2.24, 2.45) is 0 Å². The molecule has 2 nitrogen and oxygen atoms in total. The summed E-state index contributed by atoms with van der Waals surface area (Å²) in [6, 6.07) is 9.29. The second-order valence-corrected chi connectivity index (χ2v) is 5.17. The van der Waals surface area contributed by atoms with Crippen LogP contribution in [0.4, 0.5) is 0 Å². The Morgan fingerprint density at radius 1 is 1.05 bits per heavy atom. The largest absolute Gasteiger partial charge is 0.377 e. The number of benzene rings is 1. The molecule has 1 N–H and O–H groups in total. The summed E-state index contributed by atoms with van der Waals surface area (Å²) in [4.78, 5) is 12.3. The number of hydrogen-bond acceptors (Lipinski definition) is 2. The second kappa shape index (κ2) is 8.11. The Balaban J connectivity index is 2.56. The fourth-order valence-electron chi connectivity index (χ4n) is 2.37. The van der Waals surface area contributed by atoms with Crippen LogP contribution in [0.5, 0.6) is 0 Å². The van der Waals surface area contributed by atoms with E-state index in [1.54, 1.807) is 0 Å². The van der Waals surface area contributed by atoms with Crippen LogP contribution in [0.1, 0.15) is 64.4 Å². The summed E-state index contributed by atoms with van der Waals surface area (Å²) < 4.78 is 0. The van der Waals surface area contributed by atoms with Gasteiger partial charge in [0, 0.05) is 6.42 Å². The standard InChI is InChI=1S/C17H26O2/c1-3-5-6-7-11-14-16(18)17(19,4-2)15-12-9-8-10-13-15/h8-10,12-13,19H,3-7,11,14H2,1-2H3. The lowest BCUT2D eigenvalue weighted by Crippen LogP contribution is -2.34. The number of carbonyl (C=O) groups excluding carboxylic acids is 1. The predicted molar refractivity (Wildman–Crippen MR) is 79.0 cm³/mol. The van der Waals surface area contributed by atoms with Crippen molar-refractivity contribution in [2.45, 2.75) is 64.4 Å². The van der Waals surface area contributed by atoms with Gasteiger partial charge in [-0.25, -0.2) is 0 Å². The number of aliphatic hydroxyl groups is 1. The maximum Gasteiger partial charge on any atom is 0.168 e. The number of rotatable bonds is 9. The Kier molecular flexibility index (Phi) is 6.79. The Morgan fingerprint density at radius 3 is 2.26 bits per heavy atom. The number of Topliss-reactive ketones (excluding diaryl/α,β-unsaturated/α-hetero) is 1. The molecular weight excluding hydrogens is 236 g/mol. The number of ketones is 1. The van der Waals surface area contributed by atoms with Crippen LogP contribution >= 0.6 is 0 Å². The van der Waals surface area contributed by atoms with Crippen molar-refractivity contribution in [3.63, 3.8) is 0 Å². The maximum atomic E-state index is 12.3. The van der Waals surface area contributed by atoms with Crippen molar-refractivity contribution in [3.8, 4) is 0 Å². The average Bonchev–Trinajstić information content (AvgIpc) is 2.46. The molecule has 106 valence electrons. The van der Waals surface area contributed by atoms with E-state index in [0.29, 0.717) is 12.8 Å². The van der Waals surface area contributed by atoms with E-state index in [-0.39, 0.29) is 5.78 Å². The Hall–Kier alpha value is -1.15. The second-order valence-electron chi connectivity index (χ2n) is 5.17. The number of carbonyl (C=O) groups is 1. The zero-order chi connectivity index (χ0) is 14.1. The van der Waals surface area contributed by atoms with Crippen molar-refractivity contribution in [1.82, 2.24) is 0 Å². The first-order valence-corrected chi connectivity index (χ1v) is 7.46. The zero-order valence-electron chi connectivity index (χ0n) is 12.2. The number of hydrogen-bond donors (Lipinski definition) is 1. The highest BCUT2D eigenvalue weighted by Crippen LogP contribution is 2.28. The first-order valence-electron chi connectivity index (χ1n) is 7.46. The minimum Gasteiger partial charge on any atom is -0.377 e. The van der Waals surface area contributed by atoms with Gasteiger partial charge < -0.3 is 5.11 Å². The summed E-state index contributed by atoms with van der Waals surface area (Å²) in [5, 5.41) is 10.6. The molecule has 0 aliphatic rings. The summed E-state index contributed by atoms with van der Waals surface area (Å²) in [7, 11) is 0. The molecule has 0 saturated heterocycles. The predicted octanol–water partition coefficient (Wildman–Crippen LogP) is 4.21. The van der Waals surface area contributed by atoms with Crippen LogP contribution < -0.4 is 0 Å². The van der Waals surface area contributed by atoms with Crippen molar-refractivity contribution in [1.29, 1.82) is 0 Å². The molecule has 1 aromatic carbocycles. The molecular formula is C17H26O2. The fraction of sp³-hybridized carbons (Fsp3) is 0.588. The van der Waals surface area contributed by atoms with Gasteiger partial charge in [-0.05, 0) is 18.4 Å². The van der Waals surface area contributed by atoms with Crippen molar-refractivity contribution >= 4 is 5.78 Å². The van der Waals surface area contributed by atoms with Gasteiger partial charge >= 0.3 is 0 Å². The van der Waals surface area contributed by atoms with E-state index < -0.39 is 5.60 Å². The van der Waals surface area contributed by atoms with Gasteiger partial charge in [0.15, 0.2) is 5.78 Å². The van der Waals surface area contributed by atoms with Crippen LogP contribution in [0.2, 0.25) is 0 Å². The van der Waals surface area contributed by atoms with E-state index in [1.165, 1.54) is 19.3 Å². The highest BCUT2D eigenvalue weighted by atomic mass is 16.3. The molecule has 0 fully saturated rings. The molecule has 1 aromatic rings. The Morgan fingerprint density at radius 2 is 1.68 bits per heavy atom. The topological polar surface area (TPSA) is 37.3 Å². The number of unbranched alkanes of at least 4 members (excludes halogenated alkanes) is 4. The van der Waals surface area contributed by atoms with Gasteiger partial charge in [0.25, 0.3) is 0 Å². The lowest BCUT2D eigenvalue weighted by molar-refractivity contribution is -0.139. The summed E-state index contributed by atoms with van der Waals surface area (Å²) in [6.45, 7) is 4.04. The van der Waals surface area contributed by atoms with E-state index in [0.717, 1.165) is 18.4 Å². The minimum atomic E-state index is -1.30. The SMILES string of the molecule is CCCCCCCC(=O)C(O)(CC)c1ccccc1. The first kappa shape index (κ1) is 15.9. The molecule has 1 atom stereocenters. The van der Waals surface area contributed by atoms with Gasteiger partial charge in [0.05, 0.1) is 0 Å². The van der Waals surface area contributed by atoms with Gasteiger partial charge in [-0.3, -0.25) is 4.79 Å². The zero-order valence-corrected chi connectivity index (χ0v) is 12.2. The highest BCUT2D eigenvalue weighted by molar-refractivity contribution is 5.88. The van der Waals surface area contributed by atoms with E-state index in [9.17, 15) is 9.90 Å². The normalized spacial score (nSPS) is 14.1. The molecule has 19 heavy (non-hydrogen) atoms. The van der Waals surface area contributed by atoms with E-state index in [1.807, 2.05) is 37.3 Å². The molecule has 0 aromatic heterocycles. The van der Waals surface area contributed by atoms with Gasteiger partial charge in [0.1, 0.15) is 5.60 Å². The van der Waals surface area contributed by atoms with E-state index in [2.05, 4.69) is 6.92 Å². The molecule has 1 unspecified atom stereocenters. The fourth-order valence-corrected chi connectivity index (χ4v) is 2.37. The van der Waals surface area contributed by atoms with Crippen LogP contribution in [0.3, 0.4) is 0 Å². The molecule has 0 bridgehead atoms. The lowest BCUT2D eigenvalue weighted by Gasteiger charge is -2.25. The molecule has 0 spiro atoms. The van der Waals surface area contributed by atoms with Gasteiger partial charge in [-0.1, -0.05) is 69.9 Å². The molecule has 1 rings (SSSR count). The third kappa shape index (κ3) is 4.46. The Bertz CT molecular complexity index is 372. The highest BCUT2D eigenvalue weighted by Gasteiger charge is 2.34. The average molecular weight is 262 g/mol. The van der Waals surface area contributed by atoms with Crippen molar-refractivity contribution < 1.29 is 9.90 Å². The van der Waals surface area contributed by atoms with Gasteiger partial charge in [0.2, 0.25) is 0 Å². The van der Waals surface area contributed by atoms with E-state index >= 15 is 0 Å². The molecule has 0 aliphatic carbocycles. The van der Waals surface area contributed by atoms with Crippen molar-refractivity contribution in [3.05, 3.63) is 35.9 Å². The van der Waals surface area contributed by atoms with Crippen LogP contribution in [-0.2, 0) is 10.4 Å².